The Hall–Kier alpha value is -1.57. The molecule has 1 heterocycles. The molecule has 0 saturated carbocycles. The van der Waals surface area contributed by atoms with Crippen molar-refractivity contribution in [3.8, 4) is 0 Å². The first kappa shape index (κ1) is 14.5. The van der Waals surface area contributed by atoms with E-state index in [9.17, 15) is 19.2 Å². The number of rotatable bonds is 7. The molecule has 0 aromatic rings. The number of carboxylic acids is 1. The number of aliphatic carboxylic acids is 1. The number of hydrogen-bond acceptors (Lipinski definition) is 5. The average Bonchev–Trinajstić information content (AvgIpc) is 2.74. The molecule has 0 bridgehead atoms. The van der Waals surface area contributed by atoms with Crippen molar-refractivity contribution in [2.45, 2.75) is 18.9 Å². The van der Waals surface area contributed by atoms with E-state index in [1.54, 1.807) is 0 Å². The topological polar surface area (TPSA) is 104 Å². The highest BCUT2D eigenvalue weighted by atomic mass is 32.2. The van der Waals surface area contributed by atoms with Crippen LogP contribution in [0.1, 0.15) is 12.8 Å². The monoisotopic (exact) mass is 274 g/mol. The zero-order valence-electron chi connectivity index (χ0n) is 9.63. The van der Waals surface area contributed by atoms with E-state index in [-0.39, 0.29) is 23.3 Å². The third kappa shape index (κ3) is 4.02. The Balaban J connectivity index is 2.31. The van der Waals surface area contributed by atoms with E-state index < -0.39 is 12.0 Å². The number of imide groups is 1. The van der Waals surface area contributed by atoms with Gasteiger partial charge in [-0.15, -0.1) is 11.8 Å². The maximum atomic E-state index is 11.6. The number of likely N-dealkylation sites (tertiary alicyclic amines) is 1. The SMILES string of the molecule is O=CNC(CSCC(=O)N1CCCC1=O)C(=O)O. The van der Waals surface area contributed by atoms with Gasteiger partial charge >= 0.3 is 5.97 Å². The summed E-state index contributed by atoms with van der Waals surface area (Å²) in [5.74, 6) is -1.52. The van der Waals surface area contributed by atoms with Gasteiger partial charge in [0.25, 0.3) is 0 Å². The van der Waals surface area contributed by atoms with Crippen LogP contribution in [0.5, 0.6) is 0 Å². The molecular formula is C10H14N2O5S. The predicted octanol–water partition coefficient (Wildman–Crippen LogP) is -0.932. The Morgan fingerprint density at radius 1 is 1.56 bits per heavy atom. The molecule has 1 fully saturated rings. The number of amides is 3. The van der Waals surface area contributed by atoms with Gasteiger partial charge in [0.05, 0.1) is 5.75 Å². The van der Waals surface area contributed by atoms with Crippen LogP contribution in [0, 0.1) is 0 Å². The number of carbonyl (C=O) groups is 4. The summed E-state index contributed by atoms with van der Waals surface area (Å²) in [6.45, 7) is 0.438. The molecule has 3 amide bonds. The minimum Gasteiger partial charge on any atom is -0.480 e. The molecule has 7 nitrogen and oxygen atoms in total. The quantitative estimate of drug-likeness (QED) is 0.581. The Morgan fingerprint density at radius 2 is 2.28 bits per heavy atom. The van der Waals surface area contributed by atoms with Crippen LogP contribution >= 0.6 is 11.8 Å². The molecule has 1 aliphatic rings. The Morgan fingerprint density at radius 3 is 2.78 bits per heavy atom. The van der Waals surface area contributed by atoms with Gasteiger partial charge < -0.3 is 10.4 Å². The van der Waals surface area contributed by atoms with Crippen molar-refractivity contribution in [1.29, 1.82) is 0 Å². The van der Waals surface area contributed by atoms with Crippen LogP contribution in [0.4, 0.5) is 0 Å². The molecule has 0 radical (unpaired) electrons. The Bertz CT molecular complexity index is 360. The molecular weight excluding hydrogens is 260 g/mol. The lowest BCUT2D eigenvalue weighted by molar-refractivity contribution is -0.141. The smallest absolute Gasteiger partial charge is 0.327 e. The molecule has 0 aromatic carbocycles. The van der Waals surface area contributed by atoms with Crippen LogP contribution in [0.3, 0.4) is 0 Å². The zero-order chi connectivity index (χ0) is 13.5. The first-order chi connectivity index (χ1) is 8.56. The summed E-state index contributed by atoms with van der Waals surface area (Å²) in [6.07, 6.45) is 1.38. The average molecular weight is 274 g/mol. The number of thioether (sulfide) groups is 1. The molecule has 8 heteroatoms. The molecule has 18 heavy (non-hydrogen) atoms. The van der Waals surface area contributed by atoms with E-state index in [4.69, 9.17) is 5.11 Å². The number of nitrogens with zero attached hydrogens (tertiary/aromatic N) is 1. The lowest BCUT2D eigenvalue weighted by atomic mass is 10.3. The van der Waals surface area contributed by atoms with Crippen LogP contribution in [0.25, 0.3) is 0 Å². The van der Waals surface area contributed by atoms with Gasteiger partial charge in [-0.25, -0.2) is 4.79 Å². The summed E-state index contributed by atoms with van der Waals surface area (Å²) in [5.41, 5.74) is 0. The van der Waals surface area contributed by atoms with Crippen molar-refractivity contribution >= 4 is 36.0 Å². The van der Waals surface area contributed by atoms with E-state index in [0.29, 0.717) is 25.8 Å². The van der Waals surface area contributed by atoms with E-state index in [1.807, 2.05) is 0 Å². The second-order valence-electron chi connectivity index (χ2n) is 3.73. The fraction of sp³-hybridized carbons (Fsp3) is 0.600. The molecule has 0 spiro atoms. The van der Waals surface area contributed by atoms with Gasteiger partial charge in [0.2, 0.25) is 18.2 Å². The van der Waals surface area contributed by atoms with Crippen molar-refractivity contribution in [2.75, 3.05) is 18.1 Å². The predicted molar refractivity (Wildman–Crippen MR) is 63.9 cm³/mol. The standard InChI is InChI=1S/C10H14N2O5S/c13-6-11-7(10(16)17)4-18-5-9(15)12-3-1-2-8(12)14/h6-7H,1-5H2,(H,11,13)(H,16,17). The summed E-state index contributed by atoms with van der Waals surface area (Å²) in [6, 6.07) is -1.02. The highest BCUT2D eigenvalue weighted by molar-refractivity contribution is 8.00. The molecule has 1 saturated heterocycles. The van der Waals surface area contributed by atoms with Crippen LogP contribution in [-0.4, -0.2) is 58.3 Å². The summed E-state index contributed by atoms with van der Waals surface area (Å²) >= 11 is 1.08. The van der Waals surface area contributed by atoms with Gasteiger partial charge in [-0.3, -0.25) is 19.3 Å². The molecule has 0 aromatic heterocycles. The maximum Gasteiger partial charge on any atom is 0.327 e. The van der Waals surface area contributed by atoms with Crippen molar-refractivity contribution in [2.24, 2.45) is 0 Å². The lowest BCUT2D eigenvalue weighted by Crippen LogP contribution is -2.39. The first-order valence-electron chi connectivity index (χ1n) is 5.39. The normalized spacial score (nSPS) is 16.4. The number of nitrogens with one attached hydrogen (secondary N) is 1. The fourth-order valence-electron chi connectivity index (χ4n) is 1.53. The van der Waals surface area contributed by atoms with Crippen LogP contribution in [0.15, 0.2) is 0 Å². The third-order valence-corrected chi connectivity index (χ3v) is 3.47. The maximum absolute atomic E-state index is 11.6. The van der Waals surface area contributed by atoms with Crippen molar-refractivity contribution in [1.82, 2.24) is 10.2 Å². The number of carboxylic acid groups (broad SMARTS) is 1. The molecule has 1 unspecified atom stereocenters. The molecule has 2 N–H and O–H groups in total. The lowest BCUT2D eigenvalue weighted by Gasteiger charge is -2.14. The summed E-state index contributed by atoms with van der Waals surface area (Å²) < 4.78 is 0. The largest absolute Gasteiger partial charge is 0.480 e. The number of carbonyl (C=O) groups excluding carboxylic acids is 3. The second-order valence-corrected chi connectivity index (χ2v) is 4.76. The van der Waals surface area contributed by atoms with Gasteiger partial charge in [0, 0.05) is 18.7 Å². The van der Waals surface area contributed by atoms with E-state index in [1.165, 1.54) is 4.90 Å². The van der Waals surface area contributed by atoms with Crippen LogP contribution in [0.2, 0.25) is 0 Å². The van der Waals surface area contributed by atoms with Gasteiger partial charge in [-0.1, -0.05) is 0 Å². The molecule has 1 rings (SSSR count). The molecule has 1 atom stereocenters. The van der Waals surface area contributed by atoms with Crippen molar-refractivity contribution < 1.29 is 24.3 Å². The Kier molecular flexibility index (Phi) is 5.63. The van der Waals surface area contributed by atoms with E-state index in [2.05, 4.69) is 5.32 Å². The van der Waals surface area contributed by atoms with Gasteiger partial charge in [0.15, 0.2) is 0 Å². The summed E-state index contributed by atoms with van der Waals surface area (Å²) in [7, 11) is 0. The minimum absolute atomic E-state index is 0.0378. The fourth-order valence-corrected chi connectivity index (χ4v) is 2.45. The van der Waals surface area contributed by atoms with Crippen molar-refractivity contribution in [3.05, 3.63) is 0 Å². The zero-order valence-corrected chi connectivity index (χ0v) is 10.4. The summed E-state index contributed by atoms with van der Waals surface area (Å²) in [5, 5.41) is 10.9. The molecule has 1 aliphatic heterocycles. The number of hydrogen-bond donors (Lipinski definition) is 2. The van der Waals surface area contributed by atoms with E-state index in [0.717, 1.165) is 11.8 Å². The highest BCUT2D eigenvalue weighted by Crippen LogP contribution is 2.12. The molecule has 0 aliphatic carbocycles. The van der Waals surface area contributed by atoms with Gasteiger partial charge in [-0.05, 0) is 6.42 Å². The van der Waals surface area contributed by atoms with Crippen LogP contribution < -0.4 is 5.32 Å². The Labute approximate surface area is 108 Å². The third-order valence-electron chi connectivity index (χ3n) is 2.45. The minimum atomic E-state index is -1.15. The van der Waals surface area contributed by atoms with E-state index >= 15 is 0 Å². The molecule has 100 valence electrons. The van der Waals surface area contributed by atoms with Gasteiger partial charge in [-0.2, -0.15) is 0 Å². The highest BCUT2D eigenvalue weighted by Gasteiger charge is 2.26. The van der Waals surface area contributed by atoms with Gasteiger partial charge in [0.1, 0.15) is 6.04 Å². The van der Waals surface area contributed by atoms with Crippen LogP contribution in [-0.2, 0) is 19.2 Å². The van der Waals surface area contributed by atoms with Crippen molar-refractivity contribution in [3.63, 3.8) is 0 Å². The first-order valence-corrected chi connectivity index (χ1v) is 6.55. The second kappa shape index (κ2) is 7.00. The summed E-state index contributed by atoms with van der Waals surface area (Å²) in [4.78, 5) is 44.9.